The Morgan fingerprint density at radius 1 is 1.00 bits per heavy atom. The molecule has 0 aliphatic heterocycles. The molecule has 0 amide bonds. The van der Waals surface area contributed by atoms with Gasteiger partial charge in [-0.15, -0.1) is 0 Å². The summed E-state index contributed by atoms with van der Waals surface area (Å²) in [7, 11) is 2.00. The third-order valence-electron chi connectivity index (χ3n) is 3.95. The highest BCUT2D eigenvalue weighted by atomic mass is 16.5. The summed E-state index contributed by atoms with van der Waals surface area (Å²) in [4.78, 5) is 10.8. The Labute approximate surface area is 151 Å². The molecule has 0 saturated carbocycles. The van der Waals surface area contributed by atoms with Gasteiger partial charge in [0.25, 0.3) is 0 Å². The lowest BCUT2D eigenvalue weighted by molar-refractivity contribution is 0.264. The van der Waals surface area contributed by atoms with Gasteiger partial charge in [-0.2, -0.15) is 0 Å². The van der Waals surface area contributed by atoms with E-state index < -0.39 is 0 Å². The number of oxazole rings is 1. The SMILES string of the molecule is CN(Cc1coc(-c2ccccc2)n1)Cc1cc(-c2cccnc2)no1. The summed E-state index contributed by atoms with van der Waals surface area (Å²) in [6.45, 7) is 1.28. The van der Waals surface area contributed by atoms with Crippen LogP contribution < -0.4 is 0 Å². The first-order valence-corrected chi connectivity index (χ1v) is 8.32. The molecule has 3 heterocycles. The molecule has 0 spiro atoms. The zero-order valence-electron chi connectivity index (χ0n) is 14.4. The molecule has 0 atom stereocenters. The van der Waals surface area contributed by atoms with Crippen LogP contribution in [0.4, 0.5) is 0 Å². The molecule has 0 aliphatic rings. The summed E-state index contributed by atoms with van der Waals surface area (Å²) < 4.78 is 11.0. The molecule has 3 aromatic heterocycles. The summed E-state index contributed by atoms with van der Waals surface area (Å²) in [6, 6.07) is 15.6. The smallest absolute Gasteiger partial charge is 0.226 e. The Bertz CT molecular complexity index is 884. The fourth-order valence-corrected chi connectivity index (χ4v) is 2.73. The number of aromatic nitrogens is 3. The quantitative estimate of drug-likeness (QED) is 0.525. The van der Waals surface area contributed by atoms with Gasteiger partial charge < -0.3 is 8.94 Å². The lowest BCUT2D eigenvalue weighted by atomic mass is 10.2. The molecule has 0 bridgehead atoms. The molecule has 0 fully saturated rings. The number of nitrogens with zero attached hydrogens (tertiary/aromatic N) is 4. The Balaban J connectivity index is 1.40. The van der Waals surface area contributed by atoms with Crippen LogP contribution in [0.5, 0.6) is 0 Å². The molecule has 0 N–H and O–H groups in total. The van der Waals surface area contributed by atoms with Crippen molar-refractivity contribution in [3.8, 4) is 22.7 Å². The zero-order chi connectivity index (χ0) is 17.8. The van der Waals surface area contributed by atoms with Crippen LogP contribution in [0.3, 0.4) is 0 Å². The van der Waals surface area contributed by atoms with Gasteiger partial charge in [0, 0.05) is 36.1 Å². The van der Waals surface area contributed by atoms with Crippen LogP contribution in [0.25, 0.3) is 22.7 Å². The van der Waals surface area contributed by atoms with E-state index in [0.29, 0.717) is 19.0 Å². The number of rotatable bonds is 6. The van der Waals surface area contributed by atoms with E-state index in [1.165, 1.54) is 0 Å². The number of benzene rings is 1. The second-order valence-electron chi connectivity index (χ2n) is 6.10. The summed E-state index contributed by atoms with van der Waals surface area (Å²) in [5, 5.41) is 4.11. The van der Waals surface area contributed by atoms with Gasteiger partial charge in [-0.3, -0.25) is 9.88 Å². The molecule has 6 heteroatoms. The largest absolute Gasteiger partial charge is 0.444 e. The average Bonchev–Trinajstić information content (AvgIpc) is 3.33. The molecule has 26 heavy (non-hydrogen) atoms. The summed E-state index contributed by atoms with van der Waals surface area (Å²) >= 11 is 0. The van der Waals surface area contributed by atoms with Gasteiger partial charge in [-0.1, -0.05) is 23.4 Å². The van der Waals surface area contributed by atoms with Crippen molar-refractivity contribution in [3.63, 3.8) is 0 Å². The van der Waals surface area contributed by atoms with Gasteiger partial charge in [0.2, 0.25) is 5.89 Å². The Hall–Kier alpha value is -3.25. The second-order valence-corrected chi connectivity index (χ2v) is 6.10. The third kappa shape index (κ3) is 3.70. The molecule has 0 unspecified atom stereocenters. The van der Waals surface area contributed by atoms with Gasteiger partial charge in [0.05, 0.1) is 12.2 Å². The van der Waals surface area contributed by atoms with Crippen molar-refractivity contribution in [2.24, 2.45) is 0 Å². The maximum absolute atomic E-state index is 5.58. The van der Waals surface area contributed by atoms with E-state index in [4.69, 9.17) is 8.94 Å². The van der Waals surface area contributed by atoms with Gasteiger partial charge in [0.15, 0.2) is 5.76 Å². The maximum Gasteiger partial charge on any atom is 0.226 e. The highest BCUT2D eigenvalue weighted by Gasteiger charge is 2.12. The number of hydrogen-bond donors (Lipinski definition) is 0. The minimum absolute atomic E-state index is 0.626. The fourth-order valence-electron chi connectivity index (χ4n) is 2.73. The molecule has 6 nitrogen and oxygen atoms in total. The monoisotopic (exact) mass is 346 g/mol. The van der Waals surface area contributed by atoms with Crippen molar-refractivity contribution in [1.29, 1.82) is 0 Å². The van der Waals surface area contributed by atoms with Crippen LogP contribution in [0.1, 0.15) is 11.5 Å². The van der Waals surface area contributed by atoms with Crippen molar-refractivity contribution in [2.75, 3.05) is 7.05 Å². The molecule has 0 aliphatic carbocycles. The van der Waals surface area contributed by atoms with Gasteiger partial charge >= 0.3 is 0 Å². The van der Waals surface area contributed by atoms with Crippen LogP contribution in [0, 0.1) is 0 Å². The third-order valence-corrected chi connectivity index (χ3v) is 3.95. The van der Waals surface area contributed by atoms with Crippen LogP contribution in [-0.4, -0.2) is 27.1 Å². The normalized spacial score (nSPS) is 11.2. The average molecular weight is 346 g/mol. The van der Waals surface area contributed by atoms with E-state index in [1.807, 2.05) is 55.6 Å². The Morgan fingerprint density at radius 3 is 2.65 bits per heavy atom. The lowest BCUT2D eigenvalue weighted by Crippen LogP contribution is -2.17. The van der Waals surface area contributed by atoms with Crippen molar-refractivity contribution < 1.29 is 8.94 Å². The molecule has 1 aromatic carbocycles. The van der Waals surface area contributed by atoms with Crippen molar-refractivity contribution in [2.45, 2.75) is 13.1 Å². The van der Waals surface area contributed by atoms with E-state index in [1.54, 1.807) is 18.7 Å². The van der Waals surface area contributed by atoms with E-state index in [9.17, 15) is 0 Å². The molecule has 4 aromatic rings. The molecular formula is C20H18N4O2. The predicted octanol–water partition coefficient (Wildman–Crippen LogP) is 4.02. The first kappa shape index (κ1) is 16.2. The standard InChI is InChI=1S/C20H18N4O2/c1-24(12-17-14-25-20(22-17)15-6-3-2-4-7-15)13-18-10-19(23-26-18)16-8-5-9-21-11-16/h2-11,14H,12-13H2,1H3. The van der Waals surface area contributed by atoms with Gasteiger partial charge in [0.1, 0.15) is 12.0 Å². The molecule has 0 saturated heterocycles. The van der Waals surface area contributed by atoms with E-state index >= 15 is 0 Å². The highest BCUT2D eigenvalue weighted by molar-refractivity contribution is 5.57. The second kappa shape index (κ2) is 7.33. The first-order chi connectivity index (χ1) is 12.8. The van der Waals surface area contributed by atoms with Gasteiger partial charge in [-0.05, 0) is 31.3 Å². The Morgan fingerprint density at radius 2 is 1.85 bits per heavy atom. The van der Waals surface area contributed by atoms with Crippen LogP contribution >= 0.6 is 0 Å². The maximum atomic E-state index is 5.58. The van der Waals surface area contributed by atoms with E-state index in [-0.39, 0.29) is 0 Å². The molecule has 4 rings (SSSR count). The minimum atomic E-state index is 0.626. The Kier molecular flexibility index (Phi) is 4.57. The van der Waals surface area contributed by atoms with Crippen molar-refractivity contribution in [1.82, 2.24) is 20.0 Å². The van der Waals surface area contributed by atoms with Crippen LogP contribution in [-0.2, 0) is 13.1 Å². The highest BCUT2D eigenvalue weighted by Crippen LogP contribution is 2.20. The van der Waals surface area contributed by atoms with E-state index in [0.717, 1.165) is 28.3 Å². The molecular weight excluding hydrogens is 328 g/mol. The summed E-state index contributed by atoms with van der Waals surface area (Å²) in [5.74, 6) is 1.42. The van der Waals surface area contributed by atoms with E-state index in [2.05, 4.69) is 20.0 Å². The zero-order valence-corrected chi connectivity index (χ0v) is 14.4. The van der Waals surface area contributed by atoms with Crippen LogP contribution in [0.2, 0.25) is 0 Å². The molecule has 130 valence electrons. The fraction of sp³-hybridized carbons (Fsp3) is 0.150. The minimum Gasteiger partial charge on any atom is -0.444 e. The first-order valence-electron chi connectivity index (χ1n) is 8.32. The number of hydrogen-bond acceptors (Lipinski definition) is 6. The van der Waals surface area contributed by atoms with Crippen molar-refractivity contribution in [3.05, 3.63) is 78.6 Å². The topological polar surface area (TPSA) is 68.2 Å². The van der Waals surface area contributed by atoms with Gasteiger partial charge in [-0.25, -0.2) is 4.98 Å². The predicted molar refractivity (Wildman–Crippen MR) is 96.8 cm³/mol. The number of pyridine rings is 1. The van der Waals surface area contributed by atoms with Crippen LogP contribution in [0.15, 0.2) is 76.1 Å². The van der Waals surface area contributed by atoms with Crippen molar-refractivity contribution >= 4 is 0 Å². The summed E-state index contributed by atoms with van der Waals surface area (Å²) in [5.41, 5.74) is 3.57. The molecule has 0 radical (unpaired) electrons. The lowest BCUT2D eigenvalue weighted by Gasteiger charge is -2.12. The summed E-state index contributed by atoms with van der Waals surface area (Å²) in [6.07, 6.45) is 5.20.